The number of hydrogen-bond donors (Lipinski definition) is 1. The standard InChI is InChI=1S/C29H29F7N4O5S/c1-17(39(12-13-46(2,43)44)24(41)15-18-5-10-23(30)22(14-18)29(34,35)36)26-38-25-21(4-3-11-37-25)27(42)40(26)19-6-8-20(9-7-19)45-16-28(31,32)33/h5-10,14,17,37H,3-4,11-13,15-16H2,1-2H3/t17-/m1/s1. The van der Waals surface area contributed by atoms with E-state index in [9.17, 15) is 48.7 Å². The topological polar surface area (TPSA) is 111 Å². The first-order valence-corrected chi connectivity index (χ1v) is 15.9. The zero-order valence-corrected chi connectivity index (χ0v) is 25.3. The third-order valence-electron chi connectivity index (χ3n) is 7.15. The molecule has 1 aliphatic heterocycles. The summed E-state index contributed by atoms with van der Waals surface area (Å²) in [7, 11) is -3.67. The molecule has 0 aliphatic carbocycles. The number of carbonyl (C=O) groups is 1. The van der Waals surface area contributed by atoms with Gasteiger partial charge in [0.05, 0.1) is 35.0 Å². The van der Waals surface area contributed by atoms with Gasteiger partial charge >= 0.3 is 12.4 Å². The molecule has 1 N–H and O–H groups in total. The van der Waals surface area contributed by atoms with Gasteiger partial charge in [0.25, 0.3) is 5.56 Å². The summed E-state index contributed by atoms with van der Waals surface area (Å²) in [5.41, 5.74) is -1.86. The van der Waals surface area contributed by atoms with E-state index in [1.54, 1.807) is 0 Å². The van der Waals surface area contributed by atoms with Crippen LogP contribution in [0.1, 0.15) is 41.9 Å². The molecule has 2 aromatic carbocycles. The van der Waals surface area contributed by atoms with Crippen LogP contribution in [0.3, 0.4) is 0 Å². The van der Waals surface area contributed by atoms with Crippen LogP contribution in [-0.2, 0) is 33.6 Å². The Balaban J connectivity index is 1.78. The first-order valence-electron chi connectivity index (χ1n) is 13.9. The third kappa shape index (κ3) is 8.55. The fourth-order valence-electron chi connectivity index (χ4n) is 4.92. The minimum Gasteiger partial charge on any atom is -0.484 e. The second-order valence-corrected chi connectivity index (χ2v) is 13.0. The van der Waals surface area contributed by atoms with Crippen LogP contribution >= 0.6 is 0 Å². The molecular weight excluding hydrogens is 649 g/mol. The van der Waals surface area contributed by atoms with E-state index in [0.717, 1.165) is 21.8 Å². The molecule has 0 saturated heterocycles. The number of fused-ring (bicyclic) bond motifs is 1. The van der Waals surface area contributed by atoms with Crippen molar-refractivity contribution in [2.24, 2.45) is 0 Å². The van der Waals surface area contributed by atoms with Crippen LogP contribution in [-0.4, -0.2) is 66.7 Å². The van der Waals surface area contributed by atoms with Gasteiger partial charge in [-0.1, -0.05) is 6.07 Å². The van der Waals surface area contributed by atoms with Crippen LogP contribution in [0.15, 0.2) is 47.3 Å². The van der Waals surface area contributed by atoms with Crippen LogP contribution in [0.25, 0.3) is 5.69 Å². The normalized spacial score (nSPS) is 14.3. The number of benzene rings is 2. The first-order chi connectivity index (χ1) is 21.3. The van der Waals surface area contributed by atoms with E-state index in [-0.39, 0.29) is 28.6 Å². The fourth-order valence-corrected chi connectivity index (χ4v) is 5.44. The zero-order valence-electron chi connectivity index (χ0n) is 24.5. The van der Waals surface area contributed by atoms with Gasteiger partial charge in [-0.3, -0.25) is 14.2 Å². The van der Waals surface area contributed by atoms with Crippen molar-refractivity contribution in [1.29, 1.82) is 0 Å². The molecule has 0 unspecified atom stereocenters. The van der Waals surface area contributed by atoms with E-state index in [2.05, 4.69) is 10.3 Å². The van der Waals surface area contributed by atoms with E-state index in [4.69, 9.17) is 4.74 Å². The summed E-state index contributed by atoms with van der Waals surface area (Å²) in [5.74, 6) is -2.88. The lowest BCUT2D eigenvalue weighted by Crippen LogP contribution is -2.41. The minimum atomic E-state index is -5.03. The monoisotopic (exact) mass is 678 g/mol. The van der Waals surface area contributed by atoms with Gasteiger partial charge in [-0.25, -0.2) is 17.8 Å². The smallest absolute Gasteiger partial charge is 0.422 e. The number of nitrogens with one attached hydrogen (secondary N) is 1. The number of rotatable bonds is 10. The van der Waals surface area contributed by atoms with Crippen molar-refractivity contribution in [3.05, 3.63) is 81.2 Å². The lowest BCUT2D eigenvalue weighted by atomic mass is 10.1. The Bertz CT molecular complexity index is 1760. The van der Waals surface area contributed by atoms with Gasteiger partial charge in [-0.05, 0) is 61.7 Å². The Labute approximate surface area is 258 Å². The van der Waals surface area contributed by atoms with Gasteiger partial charge in [0.2, 0.25) is 5.91 Å². The number of halogens is 7. The van der Waals surface area contributed by atoms with E-state index in [1.165, 1.54) is 31.2 Å². The van der Waals surface area contributed by atoms with Gasteiger partial charge in [-0.15, -0.1) is 0 Å². The number of amides is 1. The zero-order chi connectivity index (χ0) is 34.0. The van der Waals surface area contributed by atoms with Crippen LogP contribution in [0.4, 0.5) is 36.6 Å². The van der Waals surface area contributed by atoms with Crippen molar-refractivity contribution in [3.8, 4) is 11.4 Å². The largest absolute Gasteiger partial charge is 0.484 e. The third-order valence-corrected chi connectivity index (χ3v) is 8.08. The summed E-state index contributed by atoms with van der Waals surface area (Å²) in [6.45, 7) is -0.0566. The number of alkyl halides is 6. The minimum absolute atomic E-state index is 0.0564. The molecule has 250 valence electrons. The lowest BCUT2D eigenvalue weighted by Gasteiger charge is -2.31. The molecule has 4 rings (SSSR count). The number of ether oxygens (including phenoxy) is 1. The average Bonchev–Trinajstić information content (AvgIpc) is 2.96. The fraction of sp³-hybridized carbons (Fsp3) is 0.414. The molecule has 9 nitrogen and oxygen atoms in total. The van der Waals surface area contributed by atoms with Gasteiger partial charge < -0.3 is 15.0 Å². The van der Waals surface area contributed by atoms with Crippen molar-refractivity contribution in [2.75, 3.05) is 37.0 Å². The molecule has 1 amide bonds. The van der Waals surface area contributed by atoms with Crippen LogP contribution < -0.4 is 15.6 Å². The van der Waals surface area contributed by atoms with Gasteiger partial charge in [0, 0.05) is 19.3 Å². The predicted octanol–water partition coefficient (Wildman–Crippen LogP) is 4.87. The Morgan fingerprint density at radius 3 is 2.39 bits per heavy atom. The molecule has 17 heteroatoms. The van der Waals surface area contributed by atoms with E-state index < -0.39 is 76.4 Å². The first kappa shape index (κ1) is 34.7. The number of carbonyl (C=O) groups excluding carboxylic acids is 1. The average molecular weight is 679 g/mol. The highest BCUT2D eigenvalue weighted by Crippen LogP contribution is 2.33. The number of sulfone groups is 1. The van der Waals surface area contributed by atoms with Crippen molar-refractivity contribution in [2.45, 2.75) is 44.6 Å². The van der Waals surface area contributed by atoms with E-state index >= 15 is 0 Å². The molecule has 1 aromatic heterocycles. The molecule has 3 aromatic rings. The molecule has 0 saturated carbocycles. The van der Waals surface area contributed by atoms with Crippen LogP contribution in [0, 0.1) is 5.82 Å². The maximum Gasteiger partial charge on any atom is 0.422 e. The van der Waals surface area contributed by atoms with Crippen LogP contribution in [0.5, 0.6) is 5.75 Å². The molecular formula is C29H29F7N4O5S. The molecule has 2 heterocycles. The highest BCUT2D eigenvalue weighted by Gasteiger charge is 2.35. The molecule has 0 radical (unpaired) electrons. The molecule has 0 spiro atoms. The molecule has 0 bridgehead atoms. The summed E-state index contributed by atoms with van der Waals surface area (Å²) < 4.78 is 122. The highest BCUT2D eigenvalue weighted by molar-refractivity contribution is 7.90. The maximum atomic E-state index is 13.9. The molecule has 1 atom stereocenters. The SMILES string of the molecule is C[C@H](c1nc2c(c(=O)n1-c1ccc(OCC(F)(F)F)cc1)CCCN2)N(CCS(C)(=O)=O)C(=O)Cc1ccc(F)c(C(F)(F)F)c1. The Kier molecular flexibility index (Phi) is 10.0. The predicted molar refractivity (Wildman–Crippen MR) is 153 cm³/mol. The highest BCUT2D eigenvalue weighted by atomic mass is 32.2. The summed E-state index contributed by atoms with van der Waals surface area (Å²) in [6, 6.07) is 5.96. The summed E-state index contributed by atoms with van der Waals surface area (Å²) >= 11 is 0. The molecule has 46 heavy (non-hydrogen) atoms. The van der Waals surface area contributed by atoms with Gasteiger partial charge in [0.1, 0.15) is 33.0 Å². The number of hydrogen-bond acceptors (Lipinski definition) is 7. The molecule has 0 fully saturated rings. The van der Waals surface area contributed by atoms with Crippen molar-refractivity contribution in [3.63, 3.8) is 0 Å². The quantitative estimate of drug-likeness (QED) is 0.305. The number of nitrogens with zero attached hydrogens (tertiary/aromatic N) is 3. The van der Waals surface area contributed by atoms with E-state index in [0.29, 0.717) is 37.1 Å². The Morgan fingerprint density at radius 2 is 1.78 bits per heavy atom. The van der Waals surface area contributed by atoms with Crippen molar-refractivity contribution in [1.82, 2.24) is 14.5 Å². The second-order valence-electron chi connectivity index (χ2n) is 10.7. The second kappa shape index (κ2) is 13.3. The Morgan fingerprint density at radius 1 is 1.11 bits per heavy atom. The number of anilines is 1. The Hall–Kier alpha value is -4.15. The van der Waals surface area contributed by atoms with E-state index in [1.807, 2.05) is 0 Å². The van der Waals surface area contributed by atoms with Crippen LogP contribution in [0.2, 0.25) is 0 Å². The maximum absolute atomic E-state index is 13.9. The lowest BCUT2D eigenvalue weighted by molar-refractivity contribution is -0.153. The van der Waals surface area contributed by atoms with Gasteiger partial charge in [-0.2, -0.15) is 26.3 Å². The summed E-state index contributed by atoms with van der Waals surface area (Å²) in [6.07, 6.45) is -8.42. The summed E-state index contributed by atoms with van der Waals surface area (Å²) in [4.78, 5) is 33.1. The van der Waals surface area contributed by atoms with Crippen molar-refractivity contribution >= 4 is 21.6 Å². The van der Waals surface area contributed by atoms with Crippen molar-refractivity contribution < 1.29 is 48.7 Å². The molecule has 1 aliphatic rings. The van der Waals surface area contributed by atoms with Gasteiger partial charge in [0.15, 0.2) is 6.61 Å². The summed E-state index contributed by atoms with van der Waals surface area (Å²) in [5, 5.41) is 3.01. The number of aromatic nitrogens is 2.